The molecule has 0 fully saturated rings. The molecule has 110 valence electrons. The number of carbonyl (C=O) groups excluding carboxylic acids is 1. The quantitative estimate of drug-likeness (QED) is 0.747. The van der Waals surface area contributed by atoms with E-state index in [-0.39, 0.29) is 5.91 Å². The van der Waals surface area contributed by atoms with Gasteiger partial charge in [0.25, 0.3) is 5.91 Å². The lowest BCUT2D eigenvalue weighted by molar-refractivity contribution is 0.0751. The molecule has 0 aliphatic rings. The number of benzene rings is 1. The summed E-state index contributed by atoms with van der Waals surface area (Å²) in [5.74, 6) is 0.0741. The molecular formula is C16H24N2OS. The monoisotopic (exact) mass is 292 g/mol. The molecule has 0 radical (unpaired) electrons. The molecule has 0 aliphatic carbocycles. The second kappa shape index (κ2) is 8.69. The van der Waals surface area contributed by atoms with Crippen molar-refractivity contribution in [2.45, 2.75) is 39.5 Å². The average molecular weight is 292 g/mol. The Morgan fingerprint density at radius 3 is 2.20 bits per heavy atom. The molecule has 0 bridgehead atoms. The Hall–Kier alpha value is -1.42. The largest absolute Gasteiger partial charge is 0.389 e. The lowest BCUT2D eigenvalue weighted by Crippen LogP contribution is -2.33. The van der Waals surface area contributed by atoms with E-state index in [9.17, 15) is 4.79 Å². The minimum Gasteiger partial charge on any atom is -0.389 e. The molecule has 1 amide bonds. The van der Waals surface area contributed by atoms with Gasteiger partial charge in [-0.1, -0.05) is 51.0 Å². The molecule has 20 heavy (non-hydrogen) atoms. The summed E-state index contributed by atoms with van der Waals surface area (Å²) in [6.45, 7) is 5.89. The van der Waals surface area contributed by atoms with Crippen molar-refractivity contribution < 1.29 is 4.79 Å². The predicted molar refractivity (Wildman–Crippen MR) is 88.0 cm³/mol. The third-order valence-corrected chi connectivity index (χ3v) is 3.48. The molecule has 0 saturated heterocycles. The normalized spacial score (nSPS) is 10.3. The Bertz CT molecular complexity index is 452. The number of unbranched alkanes of at least 4 members (excludes halogenated alkanes) is 2. The van der Waals surface area contributed by atoms with Gasteiger partial charge in [0.05, 0.1) is 0 Å². The van der Waals surface area contributed by atoms with Gasteiger partial charge in [-0.25, -0.2) is 0 Å². The number of carbonyl (C=O) groups is 1. The van der Waals surface area contributed by atoms with Gasteiger partial charge in [-0.15, -0.1) is 0 Å². The highest BCUT2D eigenvalue weighted by Crippen LogP contribution is 2.11. The van der Waals surface area contributed by atoms with Gasteiger partial charge in [-0.3, -0.25) is 4.79 Å². The Balaban J connectivity index is 2.86. The highest BCUT2D eigenvalue weighted by Gasteiger charge is 2.15. The predicted octanol–water partition coefficient (Wildman–Crippen LogP) is 3.36. The van der Waals surface area contributed by atoms with Gasteiger partial charge in [0.1, 0.15) is 4.99 Å². The van der Waals surface area contributed by atoms with Crippen molar-refractivity contribution in [3.05, 3.63) is 35.4 Å². The van der Waals surface area contributed by atoms with E-state index < -0.39 is 0 Å². The molecular weight excluding hydrogens is 268 g/mol. The Morgan fingerprint density at radius 2 is 1.70 bits per heavy atom. The number of amides is 1. The van der Waals surface area contributed by atoms with Crippen molar-refractivity contribution in [2.24, 2.45) is 5.73 Å². The maximum absolute atomic E-state index is 12.6. The van der Waals surface area contributed by atoms with Crippen molar-refractivity contribution in [1.29, 1.82) is 0 Å². The first-order valence-electron chi connectivity index (χ1n) is 7.29. The Kier molecular flexibility index (Phi) is 7.23. The standard InChI is InChI=1S/C16H24N2OS/c1-3-5-10-18(11-6-4-2)16(19)14-9-7-8-13(12-14)15(17)20/h7-9,12H,3-6,10-11H2,1-2H3,(H2,17,20). The molecule has 0 heterocycles. The van der Waals surface area contributed by atoms with Gasteiger partial charge >= 0.3 is 0 Å². The summed E-state index contributed by atoms with van der Waals surface area (Å²) < 4.78 is 0. The molecule has 1 rings (SSSR count). The van der Waals surface area contributed by atoms with Crippen LogP contribution in [0.25, 0.3) is 0 Å². The van der Waals surface area contributed by atoms with Crippen LogP contribution in [0.2, 0.25) is 0 Å². The van der Waals surface area contributed by atoms with Crippen LogP contribution < -0.4 is 5.73 Å². The summed E-state index contributed by atoms with van der Waals surface area (Å²) in [7, 11) is 0. The maximum Gasteiger partial charge on any atom is 0.253 e. The third-order valence-electron chi connectivity index (χ3n) is 3.24. The molecule has 0 aliphatic heterocycles. The van der Waals surface area contributed by atoms with E-state index in [2.05, 4.69) is 13.8 Å². The lowest BCUT2D eigenvalue weighted by Gasteiger charge is -2.22. The zero-order valence-electron chi connectivity index (χ0n) is 12.4. The van der Waals surface area contributed by atoms with E-state index in [1.807, 2.05) is 23.1 Å². The Morgan fingerprint density at radius 1 is 1.15 bits per heavy atom. The highest BCUT2D eigenvalue weighted by molar-refractivity contribution is 7.80. The van der Waals surface area contributed by atoms with Gasteiger partial charge < -0.3 is 10.6 Å². The molecule has 0 saturated carbocycles. The van der Waals surface area contributed by atoms with Crippen molar-refractivity contribution in [3.8, 4) is 0 Å². The van der Waals surface area contributed by atoms with E-state index >= 15 is 0 Å². The fourth-order valence-corrected chi connectivity index (χ4v) is 2.13. The number of nitrogens with two attached hydrogens (primary N) is 1. The van der Waals surface area contributed by atoms with Crippen LogP contribution in [0.3, 0.4) is 0 Å². The molecule has 4 heteroatoms. The van der Waals surface area contributed by atoms with Crippen molar-refractivity contribution in [2.75, 3.05) is 13.1 Å². The first-order chi connectivity index (χ1) is 9.60. The summed E-state index contributed by atoms with van der Waals surface area (Å²) >= 11 is 4.97. The van der Waals surface area contributed by atoms with Crippen LogP contribution in [0, 0.1) is 0 Å². The van der Waals surface area contributed by atoms with Gasteiger partial charge in [0.15, 0.2) is 0 Å². The summed E-state index contributed by atoms with van der Waals surface area (Å²) in [5.41, 5.74) is 7.04. The van der Waals surface area contributed by atoms with Crippen LogP contribution in [-0.2, 0) is 0 Å². The first kappa shape index (κ1) is 16.6. The Labute approximate surface area is 127 Å². The number of thiocarbonyl (C=S) groups is 1. The van der Waals surface area contributed by atoms with Crippen LogP contribution >= 0.6 is 12.2 Å². The summed E-state index contributed by atoms with van der Waals surface area (Å²) in [6.07, 6.45) is 4.24. The van der Waals surface area contributed by atoms with E-state index in [0.29, 0.717) is 10.6 Å². The van der Waals surface area contributed by atoms with Crippen LogP contribution in [0.1, 0.15) is 55.5 Å². The van der Waals surface area contributed by atoms with Crippen LogP contribution in [0.15, 0.2) is 24.3 Å². The van der Waals surface area contributed by atoms with Gasteiger partial charge in [0, 0.05) is 24.2 Å². The number of nitrogens with zero attached hydrogens (tertiary/aromatic N) is 1. The number of hydrogen-bond donors (Lipinski definition) is 1. The first-order valence-corrected chi connectivity index (χ1v) is 7.70. The average Bonchev–Trinajstić information content (AvgIpc) is 2.47. The van der Waals surface area contributed by atoms with E-state index in [1.54, 1.807) is 6.07 Å². The molecule has 3 nitrogen and oxygen atoms in total. The molecule has 0 atom stereocenters. The van der Waals surface area contributed by atoms with Crippen LogP contribution in [0.4, 0.5) is 0 Å². The minimum absolute atomic E-state index is 0.0741. The smallest absolute Gasteiger partial charge is 0.253 e. The zero-order valence-corrected chi connectivity index (χ0v) is 13.2. The topological polar surface area (TPSA) is 46.3 Å². The zero-order chi connectivity index (χ0) is 15.0. The van der Waals surface area contributed by atoms with Crippen molar-refractivity contribution >= 4 is 23.1 Å². The van der Waals surface area contributed by atoms with Crippen LogP contribution in [-0.4, -0.2) is 28.9 Å². The fourth-order valence-electron chi connectivity index (χ4n) is 2.00. The summed E-state index contributed by atoms with van der Waals surface area (Å²) in [4.78, 5) is 14.8. The SMILES string of the molecule is CCCCN(CCCC)C(=O)c1cccc(C(N)=S)c1. The van der Waals surface area contributed by atoms with Gasteiger partial charge in [-0.2, -0.15) is 0 Å². The third kappa shape index (κ3) is 4.93. The second-order valence-corrected chi connectivity index (χ2v) is 5.38. The molecule has 0 spiro atoms. The molecule has 0 aromatic heterocycles. The summed E-state index contributed by atoms with van der Waals surface area (Å²) in [6, 6.07) is 7.28. The lowest BCUT2D eigenvalue weighted by atomic mass is 10.1. The molecule has 1 aromatic rings. The minimum atomic E-state index is 0.0741. The molecule has 1 aromatic carbocycles. The second-order valence-electron chi connectivity index (χ2n) is 4.94. The van der Waals surface area contributed by atoms with E-state index in [0.717, 1.165) is 44.3 Å². The van der Waals surface area contributed by atoms with Crippen molar-refractivity contribution in [1.82, 2.24) is 4.90 Å². The van der Waals surface area contributed by atoms with Gasteiger partial charge in [-0.05, 0) is 25.0 Å². The number of hydrogen-bond acceptors (Lipinski definition) is 2. The van der Waals surface area contributed by atoms with Gasteiger partial charge in [0.2, 0.25) is 0 Å². The van der Waals surface area contributed by atoms with E-state index in [4.69, 9.17) is 18.0 Å². The van der Waals surface area contributed by atoms with Crippen molar-refractivity contribution in [3.63, 3.8) is 0 Å². The highest BCUT2D eigenvalue weighted by atomic mass is 32.1. The fraction of sp³-hybridized carbons (Fsp3) is 0.500. The summed E-state index contributed by atoms with van der Waals surface area (Å²) in [5, 5.41) is 0. The molecule has 2 N–H and O–H groups in total. The van der Waals surface area contributed by atoms with E-state index in [1.165, 1.54) is 0 Å². The molecule has 0 unspecified atom stereocenters. The maximum atomic E-state index is 12.6. The number of rotatable bonds is 8. The van der Waals surface area contributed by atoms with Crippen LogP contribution in [0.5, 0.6) is 0 Å².